The minimum atomic E-state index is -0.455. The fourth-order valence-corrected chi connectivity index (χ4v) is 3.46. The summed E-state index contributed by atoms with van der Waals surface area (Å²) in [5.74, 6) is 0.922. The number of nitrogens with one attached hydrogen (secondary N) is 1. The Morgan fingerprint density at radius 2 is 1.65 bits per heavy atom. The van der Waals surface area contributed by atoms with Crippen LogP contribution in [0.25, 0.3) is 0 Å². The third-order valence-electron chi connectivity index (χ3n) is 5.07. The molecule has 0 unspecified atom stereocenters. The number of ether oxygens (including phenoxy) is 2. The van der Waals surface area contributed by atoms with Crippen LogP contribution in [0, 0.1) is 0 Å². The Bertz CT molecular complexity index is 958. The molecular weight excluding hydrogens is 390 g/mol. The summed E-state index contributed by atoms with van der Waals surface area (Å²) in [6, 6.07) is 24.9. The Morgan fingerprint density at radius 1 is 0.968 bits per heavy atom. The van der Waals surface area contributed by atoms with Gasteiger partial charge in [0.15, 0.2) is 11.5 Å². The number of rotatable bonds is 10. The Kier molecular flexibility index (Phi) is 8.07. The quantitative estimate of drug-likeness (QED) is 0.506. The second kappa shape index (κ2) is 11.2. The van der Waals surface area contributed by atoms with Crippen LogP contribution in [0.2, 0.25) is 0 Å². The van der Waals surface area contributed by atoms with Crippen molar-refractivity contribution in [3.05, 3.63) is 95.6 Å². The fraction of sp³-hybridized carbons (Fsp3) is 0.269. The number of amides is 1. The molecule has 3 aromatic carbocycles. The molecule has 5 nitrogen and oxygen atoms in total. The highest BCUT2D eigenvalue weighted by Gasteiger charge is 2.17. The van der Waals surface area contributed by atoms with Gasteiger partial charge in [0.1, 0.15) is 6.61 Å². The maximum Gasteiger partial charge on any atom is 0.251 e. The Balaban J connectivity index is 1.65. The van der Waals surface area contributed by atoms with Gasteiger partial charge in [0.25, 0.3) is 5.91 Å². The zero-order valence-corrected chi connectivity index (χ0v) is 18.0. The van der Waals surface area contributed by atoms with Crippen LogP contribution in [0.15, 0.2) is 78.9 Å². The van der Waals surface area contributed by atoms with E-state index in [0.717, 1.165) is 11.1 Å². The van der Waals surface area contributed by atoms with E-state index in [1.165, 1.54) is 0 Å². The van der Waals surface area contributed by atoms with E-state index in [2.05, 4.69) is 5.32 Å². The Labute approximate surface area is 183 Å². The third kappa shape index (κ3) is 6.59. The van der Waals surface area contributed by atoms with Gasteiger partial charge in [0.2, 0.25) is 0 Å². The molecule has 31 heavy (non-hydrogen) atoms. The summed E-state index contributed by atoms with van der Waals surface area (Å²) in [5, 5.41) is 12.8. The average Bonchev–Trinajstić information content (AvgIpc) is 2.81. The van der Waals surface area contributed by atoms with E-state index in [4.69, 9.17) is 9.47 Å². The van der Waals surface area contributed by atoms with Crippen molar-refractivity contribution in [2.45, 2.75) is 32.0 Å². The molecule has 0 fully saturated rings. The van der Waals surface area contributed by atoms with Crippen LogP contribution in [-0.4, -0.2) is 30.8 Å². The van der Waals surface area contributed by atoms with Gasteiger partial charge in [-0.25, -0.2) is 0 Å². The zero-order valence-electron chi connectivity index (χ0n) is 18.0. The van der Waals surface area contributed by atoms with Gasteiger partial charge in [0.05, 0.1) is 13.2 Å². The van der Waals surface area contributed by atoms with Crippen LogP contribution < -0.4 is 14.8 Å². The van der Waals surface area contributed by atoms with Gasteiger partial charge in [-0.2, -0.15) is 0 Å². The molecule has 5 heteroatoms. The number of hydrogen-bond donors (Lipinski definition) is 2. The van der Waals surface area contributed by atoms with E-state index in [1.807, 2.05) is 60.7 Å². The number of hydrogen-bond acceptors (Lipinski definition) is 4. The van der Waals surface area contributed by atoms with Crippen molar-refractivity contribution < 1.29 is 19.4 Å². The van der Waals surface area contributed by atoms with E-state index in [0.29, 0.717) is 36.6 Å². The molecule has 0 heterocycles. The van der Waals surface area contributed by atoms with Crippen molar-refractivity contribution in [1.29, 1.82) is 0 Å². The van der Waals surface area contributed by atoms with E-state index in [-0.39, 0.29) is 11.8 Å². The topological polar surface area (TPSA) is 67.8 Å². The molecule has 0 aromatic heterocycles. The molecule has 162 valence electrons. The molecule has 1 amide bonds. The lowest BCUT2D eigenvalue weighted by Gasteiger charge is -2.20. The Hall–Kier alpha value is -3.31. The van der Waals surface area contributed by atoms with Crippen molar-refractivity contribution in [3.63, 3.8) is 0 Å². The number of carbonyl (C=O) groups is 1. The lowest BCUT2D eigenvalue weighted by molar-refractivity contribution is 0.0945. The van der Waals surface area contributed by atoms with Gasteiger partial charge >= 0.3 is 0 Å². The standard InChI is InChI=1S/C26H29NO4/c1-19(28)15-23(21-11-7-4-8-12-21)17-27-26(29)22-13-14-24(25(16-22)30-2)31-18-20-9-5-3-6-10-20/h3-14,16,19,23,28H,15,17-18H2,1-2H3,(H,27,29)/t19-,23+/m0/s1. The summed E-state index contributed by atoms with van der Waals surface area (Å²) >= 11 is 0. The number of aliphatic hydroxyl groups excluding tert-OH is 1. The van der Waals surface area contributed by atoms with Crippen molar-refractivity contribution in [1.82, 2.24) is 5.32 Å². The van der Waals surface area contributed by atoms with Gasteiger partial charge in [0, 0.05) is 18.0 Å². The zero-order chi connectivity index (χ0) is 22.1. The van der Waals surface area contributed by atoms with Gasteiger partial charge < -0.3 is 19.9 Å². The summed E-state index contributed by atoms with van der Waals surface area (Å²) in [5.41, 5.74) is 2.63. The summed E-state index contributed by atoms with van der Waals surface area (Å²) in [7, 11) is 1.56. The Morgan fingerprint density at radius 3 is 2.29 bits per heavy atom. The van der Waals surface area contributed by atoms with Crippen LogP contribution in [0.3, 0.4) is 0 Å². The van der Waals surface area contributed by atoms with Crippen molar-refractivity contribution >= 4 is 5.91 Å². The van der Waals surface area contributed by atoms with Crippen molar-refractivity contribution in [3.8, 4) is 11.5 Å². The SMILES string of the molecule is COc1cc(C(=O)NC[C@@H](C[C@H](C)O)c2ccccc2)ccc1OCc1ccccc1. The van der Waals surface area contributed by atoms with Gasteiger partial charge in [-0.15, -0.1) is 0 Å². The highest BCUT2D eigenvalue weighted by atomic mass is 16.5. The highest BCUT2D eigenvalue weighted by Crippen LogP contribution is 2.29. The molecule has 0 aliphatic rings. The van der Waals surface area contributed by atoms with E-state index in [1.54, 1.807) is 32.2 Å². The van der Waals surface area contributed by atoms with Gasteiger partial charge in [-0.05, 0) is 42.7 Å². The van der Waals surface area contributed by atoms with Crippen LogP contribution in [0.4, 0.5) is 0 Å². The normalized spacial score (nSPS) is 12.6. The maximum atomic E-state index is 12.8. The molecule has 0 aliphatic carbocycles. The average molecular weight is 420 g/mol. The largest absolute Gasteiger partial charge is 0.493 e. The number of carbonyl (C=O) groups excluding carboxylic acids is 1. The molecule has 2 N–H and O–H groups in total. The van der Waals surface area contributed by atoms with Crippen molar-refractivity contribution in [2.24, 2.45) is 0 Å². The van der Waals surface area contributed by atoms with Crippen LogP contribution in [-0.2, 0) is 6.61 Å². The molecule has 0 saturated heterocycles. The van der Waals surface area contributed by atoms with Crippen LogP contribution >= 0.6 is 0 Å². The predicted molar refractivity (Wildman–Crippen MR) is 122 cm³/mol. The molecule has 0 bridgehead atoms. The maximum absolute atomic E-state index is 12.8. The smallest absolute Gasteiger partial charge is 0.251 e. The van der Waals surface area contributed by atoms with E-state index < -0.39 is 6.10 Å². The first-order valence-corrected chi connectivity index (χ1v) is 10.4. The molecule has 0 radical (unpaired) electrons. The minimum absolute atomic E-state index is 0.0283. The first kappa shape index (κ1) is 22.4. The van der Waals surface area contributed by atoms with Crippen LogP contribution in [0.5, 0.6) is 11.5 Å². The lowest BCUT2D eigenvalue weighted by atomic mass is 9.93. The van der Waals surface area contributed by atoms with E-state index in [9.17, 15) is 9.90 Å². The summed E-state index contributed by atoms with van der Waals surface area (Å²) in [6.07, 6.45) is 0.114. The first-order valence-electron chi connectivity index (χ1n) is 10.4. The molecule has 2 atom stereocenters. The second-order valence-corrected chi connectivity index (χ2v) is 7.54. The molecule has 0 spiro atoms. The number of methoxy groups -OCH3 is 1. The van der Waals surface area contributed by atoms with E-state index >= 15 is 0 Å². The monoisotopic (exact) mass is 419 g/mol. The second-order valence-electron chi connectivity index (χ2n) is 7.54. The predicted octanol–water partition coefficient (Wildman–Crippen LogP) is 4.56. The minimum Gasteiger partial charge on any atom is -0.493 e. The molecular formula is C26H29NO4. The molecule has 0 saturated carbocycles. The number of benzene rings is 3. The van der Waals surface area contributed by atoms with Crippen LogP contribution in [0.1, 0.15) is 40.7 Å². The van der Waals surface area contributed by atoms with Crippen molar-refractivity contribution in [2.75, 3.05) is 13.7 Å². The molecule has 3 rings (SSSR count). The summed E-state index contributed by atoms with van der Waals surface area (Å²) in [4.78, 5) is 12.8. The number of aliphatic hydroxyl groups is 1. The highest BCUT2D eigenvalue weighted by molar-refractivity contribution is 5.94. The molecule has 0 aliphatic heterocycles. The third-order valence-corrected chi connectivity index (χ3v) is 5.07. The lowest BCUT2D eigenvalue weighted by Crippen LogP contribution is -2.29. The first-order chi connectivity index (χ1) is 15.1. The summed E-state index contributed by atoms with van der Waals surface area (Å²) in [6.45, 7) is 2.61. The van der Waals surface area contributed by atoms with Gasteiger partial charge in [-0.1, -0.05) is 60.7 Å². The molecule has 3 aromatic rings. The fourth-order valence-electron chi connectivity index (χ4n) is 3.46. The summed E-state index contributed by atoms with van der Waals surface area (Å²) < 4.78 is 11.3. The van der Waals surface area contributed by atoms with Gasteiger partial charge in [-0.3, -0.25) is 4.79 Å².